The molecule has 0 radical (unpaired) electrons. The molecule has 0 bridgehead atoms. The van der Waals surface area contributed by atoms with Gasteiger partial charge in [-0.25, -0.2) is 8.42 Å². The van der Waals surface area contributed by atoms with E-state index >= 15 is 0 Å². The van der Waals surface area contributed by atoms with Gasteiger partial charge in [0, 0.05) is 5.69 Å². The Morgan fingerprint density at radius 1 is 1.17 bits per heavy atom. The van der Waals surface area contributed by atoms with Crippen LogP contribution in [0.3, 0.4) is 0 Å². The van der Waals surface area contributed by atoms with Gasteiger partial charge in [0.15, 0.2) is 5.50 Å². The molecule has 2 aromatic carbocycles. The zero-order valence-corrected chi connectivity index (χ0v) is 13.5. The van der Waals surface area contributed by atoms with Crippen molar-refractivity contribution < 1.29 is 8.42 Å². The quantitative estimate of drug-likeness (QED) is 0.832. The summed E-state index contributed by atoms with van der Waals surface area (Å²) in [5, 5.41) is 12.8. The highest BCUT2D eigenvalue weighted by molar-refractivity contribution is 7.91. The molecule has 2 aromatic rings. The molecule has 1 unspecified atom stereocenters. The van der Waals surface area contributed by atoms with E-state index in [1.807, 2.05) is 6.07 Å². The molecule has 23 heavy (non-hydrogen) atoms. The first-order valence-electron chi connectivity index (χ1n) is 6.63. The summed E-state index contributed by atoms with van der Waals surface area (Å²) in [6.07, 6.45) is 1.58. The van der Waals surface area contributed by atoms with Crippen molar-refractivity contribution in [3.8, 4) is 6.07 Å². The fourth-order valence-corrected chi connectivity index (χ4v) is 3.73. The Labute approximate surface area is 139 Å². The molecule has 116 valence electrons. The van der Waals surface area contributed by atoms with Crippen LogP contribution < -0.4 is 10.3 Å². The van der Waals surface area contributed by atoms with E-state index in [9.17, 15) is 8.42 Å². The Morgan fingerprint density at radius 3 is 2.52 bits per heavy atom. The molecule has 0 aliphatic carbocycles. The van der Waals surface area contributed by atoms with E-state index in [2.05, 4.69) is 23.2 Å². The minimum atomic E-state index is -3.66. The number of hydrazone groups is 1. The second-order valence-corrected chi connectivity index (χ2v) is 7.23. The molecule has 1 aliphatic heterocycles. The van der Waals surface area contributed by atoms with Crippen LogP contribution in [0, 0.1) is 11.3 Å². The number of rotatable bonds is 3. The highest BCUT2D eigenvalue weighted by Gasteiger charge is 2.20. The van der Waals surface area contributed by atoms with Crippen LogP contribution in [0.1, 0.15) is 5.56 Å². The van der Waals surface area contributed by atoms with E-state index in [1.54, 1.807) is 35.5 Å². The lowest BCUT2D eigenvalue weighted by Crippen LogP contribution is -2.31. The summed E-state index contributed by atoms with van der Waals surface area (Å²) in [5.74, 6) is 0. The van der Waals surface area contributed by atoms with Gasteiger partial charge in [0.1, 0.15) is 6.34 Å². The zero-order valence-electron chi connectivity index (χ0n) is 11.8. The average molecular weight is 344 g/mol. The molecule has 0 saturated heterocycles. The van der Waals surface area contributed by atoms with Crippen molar-refractivity contribution in [3.05, 3.63) is 54.1 Å². The van der Waals surface area contributed by atoms with Crippen molar-refractivity contribution >= 4 is 34.5 Å². The highest BCUT2D eigenvalue weighted by Crippen LogP contribution is 2.25. The lowest BCUT2D eigenvalue weighted by atomic mass is 10.2. The number of nitrogens with one attached hydrogen (secondary N) is 1. The molecule has 0 fully saturated rings. The van der Waals surface area contributed by atoms with Gasteiger partial charge in [-0.15, -0.1) is 12.6 Å². The van der Waals surface area contributed by atoms with E-state index in [4.69, 9.17) is 5.26 Å². The molecule has 1 atom stereocenters. The predicted octanol–water partition coefficient (Wildman–Crippen LogP) is 1.96. The molecule has 6 nitrogen and oxygen atoms in total. The first-order chi connectivity index (χ1) is 11.0. The molecule has 0 aromatic heterocycles. The van der Waals surface area contributed by atoms with Crippen LogP contribution in [0.15, 0.2) is 63.4 Å². The number of benzene rings is 2. The van der Waals surface area contributed by atoms with Crippen LogP contribution in [0.4, 0.5) is 5.69 Å². The molecule has 8 heteroatoms. The van der Waals surface area contributed by atoms with Crippen molar-refractivity contribution in [2.75, 3.05) is 4.90 Å². The monoisotopic (exact) mass is 344 g/mol. The maximum absolute atomic E-state index is 12.6. The van der Waals surface area contributed by atoms with Gasteiger partial charge in [0.05, 0.1) is 21.4 Å². The normalized spacial score (nSPS) is 16.9. The molecule has 0 saturated carbocycles. The van der Waals surface area contributed by atoms with E-state index in [-0.39, 0.29) is 15.3 Å². The zero-order chi connectivity index (χ0) is 16.4. The summed E-state index contributed by atoms with van der Waals surface area (Å²) in [7, 11) is -3.66. The van der Waals surface area contributed by atoms with Crippen LogP contribution in [0.2, 0.25) is 0 Å². The van der Waals surface area contributed by atoms with Crippen molar-refractivity contribution in [1.82, 2.24) is 5.43 Å². The summed E-state index contributed by atoms with van der Waals surface area (Å²) in [6.45, 7) is 0. The Hall–Kier alpha value is -2.50. The minimum Gasteiger partial charge on any atom is -0.300 e. The van der Waals surface area contributed by atoms with Gasteiger partial charge in [-0.1, -0.05) is 6.07 Å². The molecule has 1 N–H and O–H groups in total. The third-order valence-electron chi connectivity index (χ3n) is 3.35. The number of sulfone groups is 1. The molecular formula is C15H12N4O2S2. The number of nitriles is 1. The van der Waals surface area contributed by atoms with E-state index in [1.165, 1.54) is 24.3 Å². The SMILES string of the molecule is N#Cc1cccc(S(=O)(=O)c2ccc(N3C=NNC3S)cc2)c1. The first kappa shape index (κ1) is 15.4. The highest BCUT2D eigenvalue weighted by atomic mass is 32.2. The van der Waals surface area contributed by atoms with Crippen LogP contribution >= 0.6 is 12.6 Å². The van der Waals surface area contributed by atoms with Crippen molar-refractivity contribution in [3.63, 3.8) is 0 Å². The van der Waals surface area contributed by atoms with E-state index in [0.717, 1.165) is 5.69 Å². The molecular weight excluding hydrogens is 332 g/mol. The third-order valence-corrected chi connectivity index (χ3v) is 5.49. The topological polar surface area (TPSA) is 85.6 Å². The predicted molar refractivity (Wildman–Crippen MR) is 89.9 cm³/mol. The van der Waals surface area contributed by atoms with Gasteiger partial charge in [0.25, 0.3) is 0 Å². The standard InChI is InChI=1S/C15H12N4O2S2/c16-9-11-2-1-3-14(8-11)23(20,21)13-6-4-12(5-7-13)19-10-17-18-15(19)22/h1-8,10,15,18,22H. The van der Waals surface area contributed by atoms with Crippen LogP contribution in [-0.4, -0.2) is 20.3 Å². The summed E-state index contributed by atoms with van der Waals surface area (Å²) >= 11 is 4.30. The summed E-state index contributed by atoms with van der Waals surface area (Å²) in [6, 6.07) is 14.3. The maximum atomic E-state index is 12.6. The second-order valence-electron chi connectivity index (χ2n) is 4.79. The molecule has 0 amide bonds. The number of thiol groups is 1. The van der Waals surface area contributed by atoms with Gasteiger partial charge >= 0.3 is 0 Å². The van der Waals surface area contributed by atoms with Gasteiger partial charge in [-0.2, -0.15) is 10.4 Å². The fourth-order valence-electron chi connectivity index (χ4n) is 2.16. The van der Waals surface area contributed by atoms with Crippen LogP contribution in [0.25, 0.3) is 0 Å². The lowest BCUT2D eigenvalue weighted by molar-refractivity contribution is 0.596. The lowest BCUT2D eigenvalue weighted by Gasteiger charge is -2.19. The van der Waals surface area contributed by atoms with Crippen LogP contribution in [-0.2, 0) is 9.84 Å². The largest absolute Gasteiger partial charge is 0.300 e. The van der Waals surface area contributed by atoms with Crippen molar-refractivity contribution in [1.29, 1.82) is 5.26 Å². The van der Waals surface area contributed by atoms with Gasteiger partial charge in [0.2, 0.25) is 9.84 Å². The van der Waals surface area contributed by atoms with Gasteiger partial charge in [-0.3, -0.25) is 10.3 Å². The second kappa shape index (κ2) is 5.95. The summed E-state index contributed by atoms with van der Waals surface area (Å²) in [5.41, 5.74) is 3.55. The van der Waals surface area contributed by atoms with Crippen LogP contribution in [0.5, 0.6) is 0 Å². The number of nitrogens with zero attached hydrogens (tertiary/aromatic N) is 3. The Balaban J connectivity index is 1.95. The minimum absolute atomic E-state index is 0.0979. The van der Waals surface area contributed by atoms with Gasteiger partial charge in [-0.05, 0) is 42.5 Å². The Kier molecular flexibility index (Phi) is 3.98. The van der Waals surface area contributed by atoms with Gasteiger partial charge < -0.3 is 0 Å². The average Bonchev–Trinajstić information content (AvgIpc) is 3.01. The molecule has 3 rings (SSSR count). The molecule has 1 heterocycles. The van der Waals surface area contributed by atoms with Crippen molar-refractivity contribution in [2.45, 2.75) is 15.3 Å². The number of hydrogen-bond donors (Lipinski definition) is 2. The fraction of sp³-hybridized carbons (Fsp3) is 0.0667. The van der Waals surface area contributed by atoms with Crippen molar-refractivity contribution in [2.24, 2.45) is 5.10 Å². The van der Waals surface area contributed by atoms with E-state index in [0.29, 0.717) is 5.56 Å². The molecule has 0 spiro atoms. The first-order valence-corrected chi connectivity index (χ1v) is 8.63. The Morgan fingerprint density at radius 2 is 1.91 bits per heavy atom. The number of anilines is 1. The maximum Gasteiger partial charge on any atom is 0.206 e. The summed E-state index contributed by atoms with van der Waals surface area (Å²) in [4.78, 5) is 2.02. The Bertz CT molecular complexity index is 902. The third kappa shape index (κ3) is 2.88. The molecule has 1 aliphatic rings. The van der Waals surface area contributed by atoms with E-state index < -0.39 is 9.84 Å². The summed E-state index contributed by atoms with van der Waals surface area (Å²) < 4.78 is 25.2. The smallest absolute Gasteiger partial charge is 0.206 e. The number of hydrogen-bond acceptors (Lipinski definition) is 7.